The Hall–Kier alpha value is -1.53. The molecule has 0 bridgehead atoms. The smallest absolute Gasteiger partial charge is 0.0683 e. The average Bonchev–Trinajstić information content (AvgIpc) is 2.39. The van der Waals surface area contributed by atoms with Crippen molar-refractivity contribution < 1.29 is 4.74 Å². The zero-order valence-corrected chi connectivity index (χ0v) is 12.0. The molecule has 0 aliphatic heterocycles. The van der Waals surface area contributed by atoms with Crippen molar-refractivity contribution in [2.75, 3.05) is 18.9 Å². The first-order chi connectivity index (χ1) is 9.05. The summed E-state index contributed by atoms with van der Waals surface area (Å²) >= 11 is 0. The molecule has 0 spiro atoms. The van der Waals surface area contributed by atoms with Crippen LogP contribution in [0.2, 0.25) is 0 Å². The van der Waals surface area contributed by atoms with Crippen LogP contribution in [0.1, 0.15) is 38.7 Å². The molecule has 0 aliphatic rings. The Morgan fingerprint density at radius 3 is 2.63 bits per heavy atom. The Morgan fingerprint density at radius 2 is 1.95 bits per heavy atom. The van der Waals surface area contributed by atoms with Crippen molar-refractivity contribution >= 4 is 5.69 Å². The summed E-state index contributed by atoms with van der Waals surface area (Å²) in [6.07, 6.45) is 3.83. The summed E-state index contributed by atoms with van der Waals surface area (Å²) in [7, 11) is 0. The van der Waals surface area contributed by atoms with Crippen molar-refractivity contribution in [3.05, 3.63) is 29.8 Å². The van der Waals surface area contributed by atoms with Gasteiger partial charge >= 0.3 is 0 Å². The molecule has 0 atom stereocenters. The highest BCUT2D eigenvalue weighted by Gasteiger charge is 2.15. The summed E-state index contributed by atoms with van der Waals surface area (Å²) in [4.78, 5) is 0. The molecule has 0 amide bonds. The predicted molar refractivity (Wildman–Crippen MR) is 78.6 cm³/mol. The highest BCUT2D eigenvalue weighted by Crippen LogP contribution is 2.21. The van der Waals surface area contributed by atoms with E-state index in [0.717, 1.165) is 43.5 Å². The number of nitrogens with two attached hydrogens (primary N) is 1. The van der Waals surface area contributed by atoms with Gasteiger partial charge in [-0.15, -0.1) is 0 Å². The van der Waals surface area contributed by atoms with Crippen LogP contribution in [0, 0.1) is 16.7 Å². The third kappa shape index (κ3) is 6.26. The summed E-state index contributed by atoms with van der Waals surface area (Å²) in [5.74, 6) is 0. The molecule has 19 heavy (non-hydrogen) atoms. The summed E-state index contributed by atoms with van der Waals surface area (Å²) in [6.45, 7) is 5.42. The maximum absolute atomic E-state index is 8.89. The lowest BCUT2D eigenvalue weighted by atomic mass is 9.89. The predicted octanol–water partition coefficient (Wildman–Crippen LogP) is 3.55. The van der Waals surface area contributed by atoms with Gasteiger partial charge in [0.2, 0.25) is 0 Å². The zero-order chi connectivity index (χ0) is 14.1. The van der Waals surface area contributed by atoms with E-state index < -0.39 is 0 Å². The second-order valence-corrected chi connectivity index (χ2v) is 5.51. The molecule has 1 aromatic rings. The number of unbranched alkanes of at least 4 members (excludes halogenated alkanes) is 1. The van der Waals surface area contributed by atoms with Crippen molar-refractivity contribution in [2.45, 2.75) is 39.5 Å². The third-order valence-corrected chi connectivity index (χ3v) is 3.21. The van der Waals surface area contributed by atoms with Crippen molar-refractivity contribution in [3.63, 3.8) is 0 Å². The molecular weight excluding hydrogens is 236 g/mol. The Balaban J connectivity index is 2.07. The lowest BCUT2D eigenvalue weighted by Crippen LogP contribution is -2.08. The lowest BCUT2D eigenvalue weighted by Gasteiger charge is -2.14. The summed E-state index contributed by atoms with van der Waals surface area (Å²) < 4.78 is 5.60. The van der Waals surface area contributed by atoms with E-state index in [4.69, 9.17) is 15.7 Å². The fraction of sp³-hybridized carbons (Fsp3) is 0.562. The molecule has 104 valence electrons. The molecule has 0 aromatic heterocycles. The van der Waals surface area contributed by atoms with Crippen LogP contribution in [-0.2, 0) is 11.2 Å². The number of nitrogens with zero attached hydrogens (tertiary/aromatic N) is 1. The summed E-state index contributed by atoms with van der Waals surface area (Å²) in [5, 5.41) is 8.89. The van der Waals surface area contributed by atoms with E-state index in [-0.39, 0.29) is 5.41 Å². The van der Waals surface area contributed by atoms with E-state index in [9.17, 15) is 0 Å². The van der Waals surface area contributed by atoms with Crippen LogP contribution in [-0.4, -0.2) is 13.2 Å². The molecule has 3 heteroatoms. The van der Waals surface area contributed by atoms with Crippen molar-refractivity contribution in [2.24, 2.45) is 5.41 Å². The average molecular weight is 260 g/mol. The molecule has 0 fully saturated rings. The number of rotatable bonds is 8. The second kappa shape index (κ2) is 7.81. The maximum atomic E-state index is 8.89. The lowest BCUT2D eigenvalue weighted by molar-refractivity contribution is 0.131. The van der Waals surface area contributed by atoms with Crippen LogP contribution in [0.5, 0.6) is 0 Å². The van der Waals surface area contributed by atoms with Gasteiger partial charge in [-0.05, 0) is 51.2 Å². The van der Waals surface area contributed by atoms with Gasteiger partial charge in [0.25, 0.3) is 0 Å². The molecule has 0 saturated carbocycles. The Labute approximate surface area is 116 Å². The van der Waals surface area contributed by atoms with Crippen molar-refractivity contribution in [3.8, 4) is 6.07 Å². The normalized spacial score (nSPS) is 11.2. The van der Waals surface area contributed by atoms with E-state index in [1.807, 2.05) is 38.1 Å². The Bertz CT molecular complexity index is 421. The van der Waals surface area contributed by atoms with Gasteiger partial charge in [0, 0.05) is 12.3 Å². The monoisotopic (exact) mass is 260 g/mol. The van der Waals surface area contributed by atoms with Gasteiger partial charge in [-0.3, -0.25) is 0 Å². The first-order valence-electron chi connectivity index (χ1n) is 6.87. The number of para-hydroxylation sites is 1. The Morgan fingerprint density at radius 1 is 1.21 bits per heavy atom. The fourth-order valence-corrected chi connectivity index (χ4v) is 1.87. The third-order valence-electron chi connectivity index (χ3n) is 3.21. The van der Waals surface area contributed by atoms with Gasteiger partial charge in [0.15, 0.2) is 0 Å². The van der Waals surface area contributed by atoms with Crippen molar-refractivity contribution in [1.29, 1.82) is 5.26 Å². The molecule has 2 N–H and O–H groups in total. The molecule has 0 saturated heterocycles. The van der Waals surface area contributed by atoms with Crippen LogP contribution < -0.4 is 5.73 Å². The quantitative estimate of drug-likeness (QED) is 0.574. The maximum Gasteiger partial charge on any atom is 0.0683 e. The van der Waals surface area contributed by atoms with E-state index in [0.29, 0.717) is 6.61 Å². The first-order valence-corrected chi connectivity index (χ1v) is 6.87. The van der Waals surface area contributed by atoms with Crippen LogP contribution in [0.15, 0.2) is 24.3 Å². The zero-order valence-electron chi connectivity index (χ0n) is 12.0. The van der Waals surface area contributed by atoms with E-state index in [1.54, 1.807) is 0 Å². The standard InChI is InChI=1S/C16H24N2O/c1-16(2,13-17)10-5-6-11-19-12-9-14-7-3-4-8-15(14)18/h3-4,7-8H,5-6,9-12,18H2,1-2H3. The van der Waals surface area contributed by atoms with Gasteiger partial charge in [-0.1, -0.05) is 18.2 Å². The van der Waals surface area contributed by atoms with E-state index in [1.165, 1.54) is 0 Å². The van der Waals surface area contributed by atoms with Gasteiger partial charge in [-0.2, -0.15) is 5.26 Å². The minimum atomic E-state index is -0.210. The summed E-state index contributed by atoms with van der Waals surface area (Å²) in [6, 6.07) is 10.2. The highest BCUT2D eigenvalue weighted by atomic mass is 16.5. The molecule has 0 heterocycles. The second-order valence-electron chi connectivity index (χ2n) is 5.51. The number of anilines is 1. The molecule has 0 unspecified atom stereocenters. The van der Waals surface area contributed by atoms with Gasteiger partial charge in [-0.25, -0.2) is 0 Å². The van der Waals surface area contributed by atoms with E-state index in [2.05, 4.69) is 6.07 Å². The molecule has 3 nitrogen and oxygen atoms in total. The Kier molecular flexibility index (Phi) is 6.38. The SMILES string of the molecule is CC(C)(C#N)CCCCOCCc1ccccc1N. The largest absolute Gasteiger partial charge is 0.399 e. The van der Waals surface area contributed by atoms with Gasteiger partial charge in [0.05, 0.1) is 18.1 Å². The minimum Gasteiger partial charge on any atom is -0.399 e. The van der Waals surface area contributed by atoms with Crippen LogP contribution in [0.25, 0.3) is 0 Å². The number of hydrogen-bond acceptors (Lipinski definition) is 3. The number of hydrogen-bond donors (Lipinski definition) is 1. The molecule has 0 aliphatic carbocycles. The fourth-order valence-electron chi connectivity index (χ4n) is 1.87. The highest BCUT2D eigenvalue weighted by molar-refractivity contribution is 5.46. The number of ether oxygens (including phenoxy) is 1. The van der Waals surface area contributed by atoms with Gasteiger partial charge in [0.1, 0.15) is 0 Å². The van der Waals surface area contributed by atoms with Crippen molar-refractivity contribution in [1.82, 2.24) is 0 Å². The molecule has 1 rings (SSSR count). The topological polar surface area (TPSA) is 59.0 Å². The van der Waals surface area contributed by atoms with Gasteiger partial charge < -0.3 is 10.5 Å². The number of nitrogen functional groups attached to an aromatic ring is 1. The van der Waals surface area contributed by atoms with Crippen LogP contribution in [0.3, 0.4) is 0 Å². The first kappa shape index (κ1) is 15.5. The van der Waals surface area contributed by atoms with Crippen LogP contribution >= 0.6 is 0 Å². The molecule has 0 radical (unpaired) electrons. The number of nitriles is 1. The number of benzene rings is 1. The molecular formula is C16H24N2O. The molecule has 1 aromatic carbocycles. The minimum absolute atomic E-state index is 0.210. The van der Waals surface area contributed by atoms with Crippen LogP contribution in [0.4, 0.5) is 5.69 Å². The van der Waals surface area contributed by atoms with E-state index >= 15 is 0 Å². The summed E-state index contributed by atoms with van der Waals surface area (Å²) in [5.41, 5.74) is 7.63.